The van der Waals surface area contributed by atoms with Gasteiger partial charge in [0.25, 0.3) is 0 Å². The first-order valence-corrected chi connectivity index (χ1v) is 7.28. The Balaban J connectivity index is 2.58. The van der Waals surface area contributed by atoms with Crippen LogP contribution in [0.3, 0.4) is 0 Å². The van der Waals surface area contributed by atoms with Gasteiger partial charge in [0.15, 0.2) is 0 Å². The van der Waals surface area contributed by atoms with Crippen LogP contribution in [0.4, 0.5) is 0 Å². The Morgan fingerprint density at radius 2 is 1.91 bits per heavy atom. The molecule has 22 heavy (non-hydrogen) atoms. The van der Waals surface area contributed by atoms with E-state index < -0.39 is 5.97 Å². The molecule has 1 N–H and O–H groups in total. The van der Waals surface area contributed by atoms with Crippen molar-refractivity contribution < 1.29 is 14.6 Å². The van der Waals surface area contributed by atoms with Crippen LogP contribution in [0, 0.1) is 0 Å². The zero-order chi connectivity index (χ0) is 16.3. The van der Waals surface area contributed by atoms with Gasteiger partial charge in [0.05, 0.1) is 18.5 Å². The molecule has 2 rings (SSSR count). The lowest BCUT2D eigenvalue weighted by molar-refractivity contribution is -0.136. The van der Waals surface area contributed by atoms with E-state index in [1.54, 1.807) is 11.8 Å². The number of aromatic nitrogens is 2. The number of methoxy groups -OCH3 is 1. The van der Waals surface area contributed by atoms with Crippen molar-refractivity contribution in [3.8, 4) is 11.6 Å². The van der Waals surface area contributed by atoms with E-state index in [9.17, 15) is 4.79 Å². The number of ether oxygens (including phenoxy) is 1. The largest absolute Gasteiger partial charge is 0.481 e. The van der Waals surface area contributed by atoms with Gasteiger partial charge in [0.2, 0.25) is 5.88 Å². The second kappa shape index (κ2) is 6.22. The molecule has 118 valence electrons. The molecule has 2 aromatic rings. The van der Waals surface area contributed by atoms with Crippen molar-refractivity contribution in [3.63, 3.8) is 0 Å². The number of para-hydroxylation sites is 1. The fourth-order valence-electron chi connectivity index (χ4n) is 2.45. The summed E-state index contributed by atoms with van der Waals surface area (Å²) in [6.07, 6.45) is 0.456. The van der Waals surface area contributed by atoms with E-state index in [1.807, 2.05) is 30.3 Å². The standard InChI is InChI=1S/C17H22N2O3/c1-17(2,3)15-13(10-11-14(20)21)16(22-4)19(18-15)12-8-6-5-7-9-12/h5-9H,10-11H2,1-4H3,(H,20,21). The van der Waals surface area contributed by atoms with Crippen molar-refractivity contribution >= 4 is 5.97 Å². The van der Waals surface area contributed by atoms with Crippen LogP contribution in [0.15, 0.2) is 30.3 Å². The van der Waals surface area contributed by atoms with E-state index in [2.05, 4.69) is 20.8 Å². The highest BCUT2D eigenvalue weighted by Crippen LogP contribution is 2.34. The van der Waals surface area contributed by atoms with Crippen molar-refractivity contribution in [2.75, 3.05) is 7.11 Å². The van der Waals surface area contributed by atoms with Gasteiger partial charge in [-0.1, -0.05) is 39.0 Å². The highest BCUT2D eigenvalue weighted by Gasteiger charge is 2.28. The highest BCUT2D eigenvalue weighted by atomic mass is 16.5. The number of hydrogen-bond donors (Lipinski definition) is 1. The number of hydrogen-bond acceptors (Lipinski definition) is 3. The van der Waals surface area contributed by atoms with Gasteiger partial charge in [-0.05, 0) is 18.6 Å². The summed E-state index contributed by atoms with van der Waals surface area (Å²) in [7, 11) is 1.59. The molecule has 0 aliphatic carbocycles. The number of nitrogens with zero attached hydrogens (tertiary/aromatic N) is 2. The molecule has 1 aromatic carbocycles. The average molecular weight is 302 g/mol. The minimum Gasteiger partial charge on any atom is -0.481 e. The molecule has 0 saturated carbocycles. The Labute approximate surface area is 130 Å². The first-order valence-electron chi connectivity index (χ1n) is 7.28. The molecule has 0 unspecified atom stereocenters. The topological polar surface area (TPSA) is 64.3 Å². The van der Waals surface area contributed by atoms with Crippen LogP contribution in [-0.4, -0.2) is 28.0 Å². The maximum absolute atomic E-state index is 10.9. The van der Waals surface area contributed by atoms with E-state index >= 15 is 0 Å². The molecule has 0 fully saturated rings. The van der Waals surface area contributed by atoms with Gasteiger partial charge in [-0.25, -0.2) is 4.68 Å². The summed E-state index contributed by atoms with van der Waals surface area (Å²) >= 11 is 0. The summed E-state index contributed by atoms with van der Waals surface area (Å²) in [6.45, 7) is 6.19. The Kier molecular flexibility index (Phi) is 4.54. The van der Waals surface area contributed by atoms with Gasteiger partial charge < -0.3 is 9.84 Å². The second-order valence-electron chi connectivity index (χ2n) is 6.23. The smallest absolute Gasteiger partial charge is 0.303 e. The molecule has 1 heterocycles. The lowest BCUT2D eigenvalue weighted by Gasteiger charge is -2.17. The number of rotatable bonds is 5. The third-order valence-electron chi connectivity index (χ3n) is 3.43. The third-order valence-corrected chi connectivity index (χ3v) is 3.43. The molecule has 5 nitrogen and oxygen atoms in total. The summed E-state index contributed by atoms with van der Waals surface area (Å²) in [5.74, 6) is -0.216. The zero-order valence-electron chi connectivity index (χ0n) is 13.5. The van der Waals surface area contributed by atoms with Crippen LogP contribution in [-0.2, 0) is 16.6 Å². The summed E-state index contributed by atoms with van der Waals surface area (Å²) < 4.78 is 7.29. The highest BCUT2D eigenvalue weighted by molar-refractivity contribution is 5.67. The quantitative estimate of drug-likeness (QED) is 0.921. The lowest BCUT2D eigenvalue weighted by atomic mass is 9.88. The number of carbonyl (C=O) groups is 1. The van der Waals surface area contributed by atoms with Crippen molar-refractivity contribution in [3.05, 3.63) is 41.6 Å². The van der Waals surface area contributed by atoms with Gasteiger partial charge in [0.1, 0.15) is 0 Å². The summed E-state index contributed by atoms with van der Waals surface area (Å²) in [6, 6.07) is 9.70. The van der Waals surface area contributed by atoms with Crippen LogP contribution in [0.5, 0.6) is 5.88 Å². The summed E-state index contributed by atoms with van der Waals surface area (Å²) in [4.78, 5) is 10.9. The fraction of sp³-hybridized carbons (Fsp3) is 0.412. The molecule has 0 radical (unpaired) electrons. The van der Waals surface area contributed by atoms with Gasteiger partial charge in [-0.15, -0.1) is 0 Å². The van der Waals surface area contributed by atoms with Crippen molar-refractivity contribution in [1.29, 1.82) is 0 Å². The number of benzene rings is 1. The number of carboxylic acids is 1. The first kappa shape index (κ1) is 16.1. The molecule has 0 bridgehead atoms. The fourth-order valence-corrected chi connectivity index (χ4v) is 2.45. The van der Waals surface area contributed by atoms with Crippen LogP contribution >= 0.6 is 0 Å². The minimum atomic E-state index is -0.825. The molecule has 5 heteroatoms. The zero-order valence-corrected chi connectivity index (χ0v) is 13.5. The van der Waals surface area contributed by atoms with Crippen molar-refractivity contribution in [2.24, 2.45) is 0 Å². The van der Waals surface area contributed by atoms with E-state index in [0.717, 1.165) is 16.9 Å². The second-order valence-corrected chi connectivity index (χ2v) is 6.23. The Hall–Kier alpha value is -2.30. The third kappa shape index (κ3) is 3.30. The van der Waals surface area contributed by atoms with E-state index in [0.29, 0.717) is 12.3 Å². The predicted octanol–water partition coefficient (Wildman–Crippen LogP) is 3.20. The normalized spacial score (nSPS) is 11.5. The van der Waals surface area contributed by atoms with Crippen LogP contribution in [0.1, 0.15) is 38.4 Å². The average Bonchev–Trinajstić information content (AvgIpc) is 2.84. The SMILES string of the molecule is COc1c(CCC(=O)O)c(C(C)(C)C)nn1-c1ccccc1. The molecule has 0 aliphatic rings. The Bertz CT molecular complexity index is 655. The Morgan fingerprint density at radius 3 is 2.41 bits per heavy atom. The number of carboxylic acid groups (broad SMARTS) is 1. The van der Waals surface area contributed by atoms with E-state index in [1.165, 1.54) is 0 Å². The first-order chi connectivity index (χ1) is 10.3. The molecule has 1 aromatic heterocycles. The van der Waals surface area contributed by atoms with Gasteiger partial charge in [-0.2, -0.15) is 5.10 Å². The van der Waals surface area contributed by atoms with Crippen LogP contribution in [0.2, 0.25) is 0 Å². The minimum absolute atomic E-state index is 0.0555. The predicted molar refractivity (Wildman–Crippen MR) is 84.8 cm³/mol. The van der Waals surface area contributed by atoms with E-state index in [-0.39, 0.29) is 11.8 Å². The number of aliphatic carboxylic acids is 1. The van der Waals surface area contributed by atoms with Crippen LogP contribution < -0.4 is 4.74 Å². The van der Waals surface area contributed by atoms with Gasteiger partial charge in [0, 0.05) is 17.4 Å². The molecule has 0 saturated heterocycles. The maximum Gasteiger partial charge on any atom is 0.303 e. The monoisotopic (exact) mass is 302 g/mol. The van der Waals surface area contributed by atoms with Gasteiger partial charge >= 0.3 is 5.97 Å². The molecular formula is C17H22N2O3. The van der Waals surface area contributed by atoms with Crippen LogP contribution in [0.25, 0.3) is 5.69 Å². The molecule has 0 spiro atoms. The maximum atomic E-state index is 10.9. The van der Waals surface area contributed by atoms with Gasteiger partial charge in [-0.3, -0.25) is 4.79 Å². The summed E-state index contributed by atoms with van der Waals surface area (Å²) in [5, 5.41) is 13.7. The van der Waals surface area contributed by atoms with Crippen molar-refractivity contribution in [2.45, 2.75) is 39.0 Å². The van der Waals surface area contributed by atoms with E-state index in [4.69, 9.17) is 14.9 Å². The van der Waals surface area contributed by atoms with Crippen molar-refractivity contribution in [1.82, 2.24) is 9.78 Å². The summed E-state index contributed by atoms with van der Waals surface area (Å²) in [5.41, 5.74) is 2.43. The molecule has 0 atom stereocenters. The molecular weight excluding hydrogens is 280 g/mol. The molecule has 0 amide bonds. The molecule has 0 aliphatic heterocycles. The lowest BCUT2D eigenvalue weighted by Crippen LogP contribution is -2.15. The Morgan fingerprint density at radius 1 is 1.27 bits per heavy atom.